The number of carbonyl (C=O) groups excluding carboxylic acids is 2. The van der Waals surface area contributed by atoms with Gasteiger partial charge in [-0.05, 0) is 62.2 Å². The molecule has 0 bridgehead atoms. The summed E-state index contributed by atoms with van der Waals surface area (Å²) in [7, 11) is 1.51. The Balaban J connectivity index is 1.94. The van der Waals surface area contributed by atoms with E-state index in [2.05, 4.69) is 5.32 Å². The number of methoxy groups -OCH3 is 1. The molecule has 2 rings (SSSR count). The number of carbonyl (C=O) groups is 2. The van der Waals surface area contributed by atoms with Gasteiger partial charge in [0.05, 0.1) is 18.2 Å². The van der Waals surface area contributed by atoms with E-state index in [1.807, 2.05) is 39.0 Å². The Kier molecular flexibility index (Phi) is 8.09. The largest absolute Gasteiger partial charge is 0.493 e. The molecule has 0 aliphatic heterocycles. The fourth-order valence-corrected chi connectivity index (χ4v) is 2.72. The Bertz CT molecular complexity index is 908. The molecule has 0 heterocycles. The van der Waals surface area contributed by atoms with Crippen LogP contribution in [0.25, 0.3) is 6.08 Å². The van der Waals surface area contributed by atoms with Crippen LogP contribution in [-0.4, -0.2) is 31.7 Å². The summed E-state index contributed by atoms with van der Waals surface area (Å²) in [4.78, 5) is 23.8. The van der Waals surface area contributed by atoms with Crippen molar-refractivity contribution in [2.24, 2.45) is 0 Å². The fraction of sp³-hybridized carbons (Fsp3) is 0.273. The molecule has 29 heavy (non-hydrogen) atoms. The molecule has 0 saturated carbocycles. The van der Waals surface area contributed by atoms with Crippen LogP contribution in [0.15, 0.2) is 42.5 Å². The average Bonchev–Trinajstić information content (AvgIpc) is 2.66. The Labute approximate surface area is 175 Å². The second-order valence-corrected chi connectivity index (χ2v) is 6.97. The third kappa shape index (κ3) is 7.16. The van der Waals surface area contributed by atoms with Gasteiger partial charge in [0.25, 0.3) is 5.91 Å². The van der Waals surface area contributed by atoms with Gasteiger partial charge in [-0.25, -0.2) is 4.79 Å². The smallest absolute Gasteiger partial charge is 0.331 e. The molecule has 1 amide bonds. The van der Waals surface area contributed by atoms with Gasteiger partial charge in [0.15, 0.2) is 18.1 Å². The number of anilines is 1. The lowest BCUT2D eigenvalue weighted by Crippen LogP contribution is -2.20. The van der Waals surface area contributed by atoms with Crippen LogP contribution in [0.3, 0.4) is 0 Å². The molecule has 2 aromatic carbocycles. The van der Waals surface area contributed by atoms with Gasteiger partial charge in [0, 0.05) is 11.8 Å². The van der Waals surface area contributed by atoms with Crippen molar-refractivity contribution < 1.29 is 23.8 Å². The van der Waals surface area contributed by atoms with Crippen LogP contribution >= 0.6 is 11.6 Å². The molecule has 0 aliphatic carbocycles. The van der Waals surface area contributed by atoms with Crippen molar-refractivity contribution in [3.05, 3.63) is 58.6 Å². The minimum absolute atomic E-state index is 0.0660. The van der Waals surface area contributed by atoms with E-state index >= 15 is 0 Å². The zero-order chi connectivity index (χ0) is 21.4. The number of nitrogens with one attached hydrogen (secondary N) is 1. The molecule has 154 valence electrons. The Hall–Kier alpha value is -2.99. The number of hydrogen-bond acceptors (Lipinski definition) is 5. The highest BCUT2D eigenvalue weighted by Gasteiger charge is 2.13. The van der Waals surface area contributed by atoms with Crippen molar-refractivity contribution in [1.82, 2.24) is 0 Å². The third-order valence-corrected chi connectivity index (χ3v) is 3.95. The Morgan fingerprint density at radius 1 is 1.21 bits per heavy atom. The van der Waals surface area contributed by atoms with Gasteiger partial charge in [0.1, 0.15) is 0 Å². The predicted molar refractivity (Wildman–Crippen MR) is 114 cm³/mol. The van der Waals surface area contributed by atoms with Crippen molar-refractivity contribution in [3.63, 3.8) is 0 Å². The zero-order valence-electron chi connectivity index (χ0n) is 16.8. The summed E-state index contributed by atoms with van der Waals surface area (Å²) in [6.45, 7) is 5.30. The molecule has 2 aromatic rings. The number of hydrogen-bond donors (Lipinski definition) is 1. The first kappa shape index (κ1) is 22.3. The predicted octanol–water partition coefficient (Wildman–Crippen LogP) is 4.64. The fourth-order valence-electron chi connectivity index (χ4n) is 2.46. The van der Waals surface area contributed by atoms with E-state index in [0.717, 1.165) is 5.56 Å². The zero-order valence-corrected chi connectivity index (χ0v) is 17.6. The van der Waals surface area contributed by atoms with Crippen molar-refractivity contribution in [2.75, 3.05) is 19.0 Å². The maximum Gasteiger partial charge on any atom is 0.331 e. The topological polar surface area (TPSA) is 73.9 Å². The van der Waals surface area contributed by atoms with Crippen LogP contribution in [-0.2, 0) is 14.3 Å². The van der Waals surface area contributed by atoms with Gasteiger partial charge in [-0.3, -0.25) is 4.79 Å². The molecule has 1 N–H and O–H groups in total. The minimum atomic E-state index is -0.651. The lowest BCUT2D eigenvalue weighted by molar-refractivity contribution is -0.142. The number of amides is 1. The second kappa shape index (κ2) is 10.5. The van der Waals surface area contributed by atoms with Gasteiger partial charge in [-0.1, -0.05) is 23.7 Å². The summed E-state index contributed by atoms with van der Waals surface area (Å²) in [6, 6.07) is 10.7. The number of rotatable bonds is 8. The van der Waals surface area contributed by atoms with Gasteiger partial charge in [0.2, 0.25) is 0 Å². The third-order valence-electron chi connectivity index (χ3n) is 3.66. The normalized spacial score (nSPS) is 10.8. The van der Waals surface area contributed by atoms with E-state index in [0.29, 0.717) is 27.8 Å². The number of ether oxygens (including phenoxy) is 3. The van der Waals surface area contributed by atoms with Crippen LogP contribution in [0.2, 0.25) is 5.02 Å². The lowest BCUT2D eigenvalue weighted by atomic mass is 10.2. The molecule has 7 heteroatoms. The van der Waals surface area contributed by atoms with Crippen molar-refractivity contribution >= 4 is 35.2 Å². The molecule has 6 nitrogen and oxygen atoms in total. The van der Waals surface area contributed by atoms with E-state index in [-0.39, 0.29) is 12.7 Å². The monoisotopic (exact) mass is 417 g/mol. The maximum absolute atomic E-state index is 11.9. The number of esters is 1. The molecule has 0 aliphatic rings. The molecule has 0 radical (unpaired) electrons. The van der Waals surface area contributed by atoms with Crippen LogP contribution < -0.4 is 14.8 Å². The van der Waals surface area contributed by atoms with Gasteiger partial charge < -0.3 is 19.5 Å². The summed E-state index contributed by atoms with van der Waals surface area (Å²) < 4.78 is 15.9. The molecule has 0 aromatic heterocycles. The summed E-state index contributed by atoms with van der Waals surface area (Å²) in [5.41, 5.74) is 2.29. The highest BCUT2D eigenvalue weighted by atomic mass is 35.5. The lowest BCUT2D eigenvalue weighted by Gasteiger charge is -2.15. The number of aryl methyl sites for hydroxylation is 1. The first-order valence-corrected chi connectivity index (χ1v) is 9.42. The summed E-state index contributed by atoms with van der Waals surface area (Å²) in [6.07, 6.45) is 2.67. The molecule has 0 fully saturated rings. The molecule has 0 unspecified atom stereocenters. The van der Waals surface area contributed by atoms with Crippen molar-refractivity contribution in [2.45, 2.75) is 26.9 Å². The van der Waals surface area contributed by atoms with E-state index < -0.39 is 11.9 Å². The SMILES string of the molecule is COc1cc(/C=C/C(=O)OCC(=O)Nc2cccc(C)c2)cc(Cl)c1OC(C)C. The quantitative estimate of drug-likeness (QED) is 0.500. The minimum Gasteiger partial charge on any atom is -0.493 e. The van der Waals surface area contributed by atoms with Gasteiger partial charge in [-0.15, -0.1) is 0 Å². The first-order chi connectivity index (χ1) is 13.8. The molecule has 0 atom stereocenters. The van der Waals surface area contributed by atoms with Crippen LogP contribution in [0.4, 0.5) is 5.69 Å². The van der Waals surface area contributed by atoms with Crippen LogP contribution in [0.1, 0.15) is 25.0 Å². The van der Waals surface area contributed by atoms with E-state index in [4.69, 9.17) is 25.8 Å². The molecule has 0 saturated heterocycles. The number of benzene rings is 2. The highest BCUT2D eigenvalue weighted by molar-refractivity contribution is 6.32. The molecular weight excluding hydrogens is 394 g/mol. The highest BCUT2D eigenvalue weighted by Crippen LogP contribution is 2.37. The maximum atomic E-state index is 11.9. The summed E-state index contributed by atoms with van der Waals surface area (Å²) in [5, 5.41) is 3.03. The van der Waals surface area contributed by atoms with E-state index in [1.54, 1.807) is 18.2 Å². The van der Waals surface area contributed by atoms with Crippen LogP contribution in [0.5, 0.6) is 11.5 Å². The molecule has 0 spiro atoms. The van der Waals surface area contributed by atoms with E-state index in [1.165, 1.54) is 19.3 Å². The van der Waals surface area contributed by atoms with Gasteiger partial charge >= 0.3 is 5.97 Å². The van der Waals surface area contributed by atoms with Crippen molar-refractivity contribution in [3.8, 4) is 11.5 Å². The van der Waals surface area contributed by atoms with Crippen LogP contribution in [0, 0.1) is 6.92 Å². The van der Waals surface area contributed by atoms with Crippen molar-refractivity contribution in [1.29, 1.82) is 0 Å². The molecular formula is C22H24ClNO5. The first-order valence-electron chi connectivity index (χ1n) is 9.04. The number of halogens is 1. The van der Waals surface area contributed by atoms with Gasteiger partial charge in [-0.2, -0.15) is 0 Å². The Morgan fingerprint density at radius 3 is 2.62 bits per heavy atom. The van der Waals surface area contributed by atoms with E-state index in [9.17, 15) is 9.59 Å². The average molecular weight is 418 g/mol. The Morgan fingerprint density at radius 2 is 1.97 bits per heavy atom. The summed E-state index contributed by atoms with van der Waals surface area (Å²) >= 11 is 6.26. The second-order valence-electron chi connectivity index (χ2n) is 6.56. The standard InChI is InChI=1S/C22H24ClNO5/c1-14(2)29-22-18(23)11-16(12-19(22)27-4)8-9-21(26)28-13-20(25)24-17-7-5-6-15(3)10-17/h5-12,14H,13H2,1-4H3,(H,24,25)/b9-8+. The summed E-state index contributed by atoms with van der Waals surface area (Å²) in [5.74, 6) is -0.173.